The minimum atomic E-state index is -0.226. The van der Waals surface area contributed by atoms with Crippen molar-refractivity contribution in [3.63, 3.8) is 0 Å². The van der Waals surface area contributed by atoms with E-state index in [0.29, 0.717) is 12.2 Å². The third-order valence-corrected chi connectivity index (χ3v) is 4.75. The number of nitrogens with one attached hydrogen (secondary N) is 1. The molecule has 2 heterocycles. The molecular weight excluding hydrogens is 314 g/mol. The summed E-state index contributed by atoms with van der Waals surface area (Å²) in [6, 6.07) is 9.97. The maximum absolute atomic E-state index is 12.2. The predicted octanol–water partition coefficient (Wildman–Crippen LogP) is 3.39. The lowest BCUT2D eigenvalue weighted by Gasteiger charge is -2.35. The van der Waals surface area contributed by atoms with Crippen LogP contribution in [0.2, 0.25) is 0 Å². The van der Waals surface area contributed by atoms with Crippen LogP contribution in [0, 0.1) is 18.8 Å². The fourth-order valence-electron chi connectivity index (χ4n) is 3.78. The van der Waals surface area contributed by atoms with Gasteiger partial charge in [0.15, 0.2) is 0 Å². The number of nitrogens with zero attached hydrogens (tertiary/aromatic N) is 2. The van der Waals surface area contributed by atoms with Gasteiger partial charge in [-0.05, 0) is 36.3 Å². The Morgan fingerprint density at radius 2 is 1.92 bits per heavy atom. The Morgan fingerprint density at radius 3 is 2.56 bits per heavy atom. The molecule has 2 atom stereocenters. The average molecular weight is 341 g/mol. The molecule has 0 aliphatic carbocycles. The molecule has 0 spiro atoms. The Labute approximate surface area is 149 Å². The molecule has 1 aliphatic rings. The van der Waals surface area contributed by atoms with Crippen LogP contribution in [0.5, 0.6) is 0 Å². The number of hydrogen-bond donors (Lipinski definition) is 1. The standard InChI is InChI=1S/C20H27N3O2/c1-14-8-15(2)12-23(11-14)13-18-7-5-4-6-17(18)10-21-20(24)19-9-16(3)22-25-19/h4-7,9,14-15H,8,10-13H2,1-3H3,(H,21,24)/t14-,15-/m1/s1. The first-order valence-electron chi connectivity index (χ1n) is 9.02. The van der Waals surface area contributed by atoms with Crippen LogP contribution in [-0.4, -0.2) is 29.1 Å². The van der Waals surface area contributed by atoms with Crippen molar-refractivity contribution in [2.45, 2.75) is 40.3 Å². The quantitative estimate of drug-likeness (QED) is 0.906. The lowest BCUT2D eigenvalue weighted by molar-refractivity contribution is 0.0913. The highest BCUT2D eigenvalue weighted by Gasteiger charge is 2.22. The van der Waals surface area contributed by atoms with E-state index in [4.69, 9.17) is 4.52 Å². The van der Waals surface area contributed by atoms with E-state index < -0.39 is 0 Å². The molecular formula is C20H27N3O2. The Balaban J connectivity index is 1.63. The highest BCUT2D eigenvalue weighted by atomic mass is 16.5. The monoisotopic (exact) mass is 341 g/mol. The van der Waals surface area contributed by atoms with Crippen molar-refractivity contribution in [2.24, 2.45) is 11.8 Å². The molecule has 5 heteroatoms. The molecule has 5 nitrogen and oxygen atoms in total. The zero-order chi connectivity index (χ0) is 17.8. The smallest absolute Gasteiger partial charge is 0.290 e. The van der Waals surface area contributed by atoms with Crippen LogP contribution >= 0.6 is 0 Å². The number of piperidine rings is 1. The van der Waals surface area contributed by atoms with E-state index in [-0.39, 0.29) is 11.7 Å². The third-order valence-electron chi connectivity index (χ3n) is 4.75. The van der Waals surface area contributed by atoms with Crippen molar-refractivity contribution in [3.8, 4) is 0 Å². The first kappa shape index (κ1) is 17.7. The van der Waals surface area contributed by atoms with Gasteiger partial charge in [0.05, 0.1) is 5.69 Å². The van der Waals surface area contributed by atoms with Gasteiger partial charge in [0.2, 0.25) is 5.76 Å². The van der Waals surface area contributed by atoms with Crippen LogP contribution < -0.4 is 5.32 Å². The lowest BCUT2D eigenvalue weighted by Crippen LogP contribution is -2.38. The topological polar surface area (TPSA) is 58.4 Å². The van der Waals surface area contributed by atoms with Gasteiger partial charge in [0.1, 0.15) is 0 Å². The number of amides is 1. The van der Waals surface area contributed by atoms with Gasteiger partial charge in [-0.2, -0.15) is 0 Å². The number of carbonyl (C=O) groups excluding carboxylic acids is 1. The van der Waals surface area contributed by atoms with Crippen molar-refractivity contribution in [1.82, 2.24) is 15.4 Å². The Bertz CT molecular complexity index is 715. The van der Waals surface area contributed by atoms with Gasteiger partial charge in [0, 0.05) is 32.2 Å². The molecule has 2 aromatic rings. The van der Waals surface area contributed by atoms with Crippen molar-refractivity contribution < 1.29 is 9.32 Å². The largest absolute Gasteiger partial charge is 0.351 e. The summed E-state index contributed by atoms with van der Waals surface area (Å²) < 4.78 is 5.02. The van der Waals surface area contributed by atoms with Crippen LogP contribution in [0.4, 0.5) is 0 Å². The lowest BCUT2D eigenvalue weighted by atomic mass is 9.91. The van der Waals surface area contributed by atoms with Gasteiger partial charge in [0.25, 0.3) is 5.91 Å². The Kier molecular flexibility index (Phi) is 5.53. The maximum Gasteiger partial charge on any atom is 0.290 e. The highest BCUT2D eigenvalue weighted by Crippen LogP contribution is 2.23. The predicted molar refractivity (Wildman–Crippen MR) is 97.1 cm³/mol. The number of benzene rings is 1. The molecule has 1 fully saturated rings. The molecule has 1 N–H and O–H groups in total. The molecule has 0 bridgehead atoms. The molecule has 1 aliphatic heterocycles. The molecule has 1 aromatic carbocycles. The summed E-state index contributed by atoms with van der Waals surface area (Å²) in [7, 11) is 0. The van der Waals surface area contributed by atoms with Crippen LogP contribution in [0.3, 0.4) is 0 Å². The van der Waals surface area contributed by atoms with Crippen LogP contribution in [0.25, 0.3) is 0 Å². The molecule has 1 saturated heterocycles. The first-order chi connectivity index (χ1) is 12.0. The molecule has 0 radical (unpaired) electrons. The van der Waals surface area contributed by atoms with Crippen molar-refractivity contribution in [3.05, 3.63) is 52.9 Å². The summed E-state index contributed by atoms with van der Waals surface area (Å²) in [6.07, 6.45) is 1.31. The normalized spacial score (nSPS) is 21.2. The molecule has 1 aromatic heterocycles. The number of aromatic nitrogens is 1. The van der Waals surface area contributed by atoms with Crippen molar-refractivity contribution >= 4 is 5.91 Å². The van der Waals surface area contributed by atoms with E-state index in [0.717, 1.165) is 37.0 Å². The average Bonchev–Trinajstić information content (AvgIpc) is 2.99. The first-order valence-corrected chi connectivity index (χ1v) is 9.02. The fourth-order valence-corrected chi connectivity index (χ4v) is 3.78. The minimum absolute atomic E-state index is 0.226. The van der Waals surface area contributed by atoms with Crippen LogP contribution in [0.15, 0.2) is 34.9 Å². The number of hydrogen-bond acceptors (Lipinski definition) is 4. The maximum atomic E-state index is 12.2. The molecule has 3 rings (SSSR count). The molecule has 0 unspecified atom stereocenters. The Hall–Kier alpha value is -2.14. The summed E-state index contributed by atoms with van der Waals surface area (Å²) in [4.78, 5) is 14.7. The van der Waals surface area contributed by atoms with Crippen molar-refractivity contribution in [2.75, 3.05) is 13.1 Å². The van der Waals surface area contributed by atoms with Gasteiger partial charge in [-0.25, -0.2) is 0 Å². The fraction of sp³-hybridized carbons (Fsp3) is 0.500. The van der Waals surface area contributed by atoms with Crippen LogP contribution in [-0.2, 0) is 13.1 Å². The third kappa shape index (κ3) is 4.69. The highest BCUT2D eigenvalue weighted by molar-refractivity contribution is 5.91. The Morgan fingerprint density at radius 1 is 1.24 bits per heavy atom. The molecule has 0 saturated carbocycles. The van der Waals surface area contributed by atoms with Crippen LogP contribution in [0.1, 0.15) is 47.6 Å². The summed E-state index contributed by atoms with van der Waals surface area (Å²) in [5, 5.41) is 6.69. The van der Waals surface area contributed by atoms with Gasteiger partial charge in [-0.1, -0.05) is 43.3 Å². The second-order valence-electron chi connectivity index (χ2n) is 7.42. The van der Waals surface area contributed by atoms with E-state index >= 15 is 0 Å². The number of carbonyl (C=O) groups is 1. The summed E-state index contributed by atoms with van der Waals surface area (Å²) in [5.74, 6) is 1.51. The number of likely N-dealkylation sites (tertiary alicyclic amines) is 1. The SMILES string of the molecule is Cc1cc(C(=O)NCc2ccccc2CN2C[C@H](C)C[C@@H](C)C2)on1. The second-order valence-corrected chi connectivity index (χ2v) is 7.42. The summed E-state index contributed by atoms with van der Waals surface area (Å²) >= 11 is 0. The van der Waals surface area contributed by atoms with E-state index in [1.54, 1.807) is 13.0 Å². The van der Waals surface area contributed by atoms with Gasteiger partial charge >= 0.3 is 0 Å². The summed E-state index contributed by atoms with van der Waals surface area (Å²) in [6.45, 7) is 10.2. The van der Waals surface area contributed by atoms with Crippen molar-refractivity contribution in [1.29, 1.82) is 0 Å². The summed E-state index contributed by atoms with van der Waals surface area (Å²) in [5.41, 5.74) is 3.13. The molecule has 1 amide bonds. The molecule has 25 heavy (non-hydrogen) atoms. The zero-order valence-electron chi connectivity index (χ0n) is 15.3. The number of aryl methyl sites for hydroxylation is 1. The van der Waals surface area contributed by atoms with Gasteiger partial charge in [-0.15, -0.1) is 0 Å². The van der Waals surface area contributed by atoms with E-state index in [1.807, 2.05) is 6.07 Å². The molecule has 134 valence electrons. The van der Waals surface area contributed by atoms with Gasteiger partial charge in [-0.3, -0.25) is 9.69 Å². The zero-order valence-corrected chi connectivity index (χ0v) is 15.3. The van der Waals surface area contributed by atoms with Gasteiger partial charge < -0.3 is 9.84 Å². The number of rotatable bonds is 5. The second kappa shape index (κ2) is 7.83. The minimum Gasteiger partial charge on any atom is -0.351 e. The van der Waals surface area contributed by atoms with E-state index in [2.05, 4.69) is 47.4 Å². The van der Waals surface area contributed by atoms with E-state index in [1.165, 1.54) is 12.0 Å². The van der Waals surface area contributed by atoms with E-state index in [9.17, 15) is 4.79 Å².